The largest absolute Gasteiger partial charge is 0.398 e. The average molecular weight is 258 g/mol. The van der Waals surface area contributed by atoms with Crippen molar-refractivity contribution in [2.45, 2.75) is 31.7 Å². The Kier molecular flexibility index (Phi) is 4.64. The normalized spacial score (nSPS) is 15.6. The quantitative estimate of drug-likeness (QED) is 0.796. The van der Waals surface area contributed by atoms with Gasteiger partial charge in [0.05, 0.1) is 5.56 Å². The molecule has 4 heteroatoms. The van der Waals surface area contributed by atoms with Crippen LogP contribution in [-0.4, -0.2) is 31.1 Å². The summed E-state index contributed by atoms with van der Waals surface area (Å²) in [5, 5.41) is 12.3. The first-order valence-electron chi connectivity index (χ1n) is 6.94. The van der Waals surface area contributed by atoms with Gasteiger partial charge >= 0.3 is 0 Å². The van der Waals surface area contributed by atoms with Crippen LogP contribution in [0.1, 0.15) is 31.2 Å². The van der Waals surface area contributed by atoms with Gasteiger partial charge in [-0.05, 0) is 38.1 Å². The molecule has 19 heavy (non-hydrogen) atoms. The molecule has 1 saturated carbocycles. The summed E-state index contributed by atoms with van der Waals surface area (Å²) < 4.78 is 0. The zero-order valence-corrected chi connectivity index (χ0v) is 11.5. The number of nitrogens with one attached hydrogen (secondary N) is 1. The highest BCUT2D eigenvalue weighted by molar-refractivity contribution is 5.61. The van der Waals surface area contributed by atoms with E-state index in [9.17, 15) is 0 Å². The first-order chi connectivity index (χ1) is 9.20. The fraction of sp³-hybridized carbons (Fsp3) is 0.533. The van der Waals surface area contributed by atoms with Crippen molar-refractivity contribution in [3.05, 3.63) is 23.8 Å². The van der Waals surface area contributed by atoms with Crippen LogP contribution < -0.4 is 11.1 Å². The zero-order chi connectivity index (χ0) is 13.7. The Morgan fingerprint density at radius 2 is 2.16 bits per heavy atom. The number of rotatable bonds is 5. The predicted octanol–water partition coefficient (Wildman–Crippen LogP) is 2.43. The van der Waals surface area contributed by atoms with Crippen LogP contribution in [0.2, 0.25) is 0 Å². The fourth-order valence-electron chi connectivity index (χ4n) is 2.67. The number of benzene rings is 1. The Morgan fingerprint density at radius 1 is 1.42 bits per heavy atom. The lowest BCUT2D eigenvalue weighted by atomic mass is 10.2. The number of nitrogens with zero attached hydrogens (tertiary/aromatic N) is 2. The van der Waals surface area contributed by atoms with E-state index in [1.54, 1.807) is 6.07 Å². The Bertz CT molecular complexity index is 458. The Labute approximate surface area is 115 Å². The van der Waals surface area contributed by atoms with Crippen LogP contribution in [0, 0.1) is 11.3 Å². The standard InChI is InChI=1S/C15H22N4/c1-19(14-4-2-3-5-14)9-8-18-13-6-7-15(17)12(10-13)11-16/h6-7,10,14,18H,2-5,8-9,17H2,1H3. The maximum absolute atomic E-state index is 8.93. The van der Waals surface area contributed by atoms with Crippen LogP contribution in [0.4, 0.5) is 11.4 Å². The lowest BCUT2D eigenvalue weighted by molar-refractivity contribution is 0.254. The molecule has 1 fully saturated rings. The molecule has 0 aromatic heterocycles. The second-order valence-electron chi connectivity index (χ2n) is 5.26. The van der Waals surface area contributed by atoms with Gasteiger partial charge in [-0.1, -0.05) is 12.8 Å². The van der Waals surface area contributed by atoms with E-state index in [1.165, 1.54) is 25.7 Å². The van der Waals surface area contributed by atoms with Crippen LogP contribution in [0.15, 0.2) is 18.2 Å². The summed E-state index contributed by atoms with van der Waals surface area (Å²) in [6.45, 7) is 1.92. The fourth-order valence-corrected chi connectivity index (χ4v) is 2.67. The molecular weight excluding hydrogens is 236 g/mol. The first kappa shape index (κ1) is 13.7. The van der Waals surface area contributed by atoms with Gasteiger partial charge in [0.15, 0.2) is 0 Å². The van der Waals surface area contributed by atoms with E-state index >= 15 is 0 Å². The minimum Gasteiger partial charge on any atom is -0.398 e. The molecule has 3 N–H and O–H groups in total. The second kappa shape index (κ2) is 6.44. The smallest absolute Gasteiger partial charge is 0.101 e. The van der Waals surface area contributed by atoms with E-state index in [1.807, 2.05) is 12.1 Å². The maximum Gasteiger partial charge on any atom is 0.101 e. The Balaban J connectivity index is 1.80. The van der Waals surface area contributed by atoms with E-state index in [4.69, 9.17) is 11.0 Å². The number of nitrogen functional groups attached to an aromatic ring is 1. The van der Waals surface area contributed by atoms with Crippen LogP contribution in [-0.2, 0) is 0 Å². The van der Waals surface area contributed by atoms with Gasteiger partial charge in [-0.2, -0.15) is 5.26 Å². The third-order valence-corrected chi connectivity index (χ3v) is 3.92. The summed E-state index contributed by atoms with van der Waals surface area (Å²) in [7, 11) is 2.20. The van der Waals surface area contributed by atoms with Gasteiger partial charge in [0.1, 0.15) is 6.07 Å². The topological polar surface area (TPSA) is 65.1 Å². The van der Waals surface area contributed by atoms with Crippen molar-refractivity contribution in [3.63, 3.8) is 0 Å². The highest BCUT2D eigenvalue weighted by atomic mass is 15.1. The SMILES string of the molecule is CN(CCNc1ccc(N)c(C#N)c1)C1CCCC1. The minimum absolute atomic E-state index is 0.536. The van der Waals surface area contributed by atoms with Gasteiger partial charge in [0.25, 0.3) is 0 Å². The van der Waals surface area contributed by atoms with E-state index in [0.29, 0.717) is 11.3 Å². The lowest BCUT2D eigenvalue weighted by Crippen LogP contribution is -2.33. The minimum atomic E-state index is 0.536. The van der Waals surface area contributed by atoms with Crippen molar-refractivity contribution in [3.8, 4) is 6.07 Å². The van der Waals surface area contributed by atoms with Crippen LogP contribution in [0.5, 0.6) is 0 Å². The van der Waals surface area contributed by atoms with Gasteiger partial charge in [-0.3, -0.25) is 0 Å². The maximum atomic E-state index is 8.93. The average Bonchev–Trinajstić information content (AvgIpc) is 2.94. The number of hydrogen-bond donors (Lipinski definition) is 2. The van der Waals surface area contributed by atoms with Gasteiger partial charge < -0.3 is 16.0 Å². The van der Waals surface area contributed by atoms with Crippen LogP contribution >= 0.6 is 0 Å². The molecule has 0 spiro atoms. The molecule has 1 aromatic carbocycles. The monoisotopic (exact) mass is 258 g/mol. The predicted molar refractivity (Wildman–Crippen MR) is 78.9 cm³/mol. The zero-order valence-electron chi connectivity index (χ0n) is 11.5. The molecule has 0 radical (unpaired) electrons. The summed E-state index contributed by atoms with van der Waals surface area (Å²) >= 11 is 0. The third kappa shape index (κ3) is 3.62. The molecule has 1 aliphatic rings. The van der Waals surface area contributed by atoms with Gasteiger partial charge in [-0.25, -0.2) is 0 Å². The molecule has 0 saturated heterocycles. The summed E-state index contributed by atoms with van der Waals surface area (Å²) in [5.74, 6) is 0. The lowest BCUT2D eigenvalue weighted by Gasteiger charge is -2.24. The molecular formula is C15H22N4. The summed E-state index contributed by atoms with van der Waals surface area (Å²) in [5.41, 5.74) is 7.74. The van der Waals surface area contributed by atoms with Crippen molar-refractivity contribution < 1.29 is 0 Å². The molecule has 0 amide bonds. The van der Waals surface area contributed by atoms with Crippen molar-refractivity contribution >= 4 is 11.4 Å². The molecule has 0 unspecified atom stereocenters. The Hall–Kier alpha value is -1.73. The Morgan fingerprint density at radius 3 is 2.84 bits per heavy atom. The van der Waals surface area contributed by atoms with Crippen LogP contribution in [0.3, 0.4) is 0 Å². The van der Waals surface area contributed by atoms with Crippen molar-refractivity contribution in [1.29, 1.82) is 5.26 Å². The van der Waals surface area contributed by atoms with Crippen LogP contribution in [0.25, 0.3) is 0 Å². The highest BCUT2D eigenvalue weighted by Gasteiger charge is 2.18. The summed E-state index contributed by atoms with van der Waals surface area (Å²) in [6, 6.07) is 8.37. The third-order valence-electron chi connectivity index (χ3n) is 3.92. The van der Waals surface area contributed by atoms with E-state index < -0.39 is 0 Å². The van der Waals surface area contributed by atoms with Gasteiger partial charge in [-0.15, -0.1) is 0 Å². The van der Waals surface area contributed by atoms with Gasteiger partial charge in [0, 0.05) is 30.5 Å². The van der Waals surface area contributed by atoms with Gasteiger partial charge in [0.2, 0.25) is 0 Å². The number of nitriles is 1. The molecule has 0 bridgehead atoms. The molecule has 2 rings (SSSR count). The molecule has 102 valence electrons. The second-order valence-corrected chi connectivity index (χ2v) is 5.26. The number of likely N-dealkylation sites (N-methyl/N-ethyl adjacent to an activating group) is 1. The highest BCUT2D eigenvalue weighted by Crippen LogP contribution is 2.22. The van der Waals surface area contributed by atoms with E-state index in [2.05, 4.69) is 23.3 Å². The van der Waals surface area contributed by atoms with Crippen molar-refractivity contribution in [1.82, 2.24) is 4.90 Å². The van der Waals surface area contributed by atoms with E-state index in [-0.39, 0.29) is 0 Å². The molecule has 1 aromatic rings. The summed E-state index contributed by atoms with van der Waals surface area (Å²) in [4.78, 5) is 2.43. The molecule has 4 nitrogen and oxygen atoms in total. The molecule has 0 aliphatic heterocycles. The summed E-state index contributed by atoms with van der Waals surface area (Å²) in [6.07, 6.45) is 5.39. The first-order valence-corrected chi connectivity index (χ1v) is 6.94. The van der Waals surface area contributed by atoms with E-state index in [0.717, 1.165) is 24.8 Å². The molecule has 0 heterocycles. The number of nitrogens with two attached hydrogens (primary N) is 1. The molecule has 0 atom stereocenters. The number of anilines is 2. The molecule has 1 aliphatic carbocycles. The van der Waals surface area contributed by atoms with Crippen molar-refractivity contribution in [2.75, 3.05) is 31.2 Å². The van der Waals surface area contributed by atoms with Crippen molar-refractivity contribution in [2.24, 2.45) is 0 Å². The number of hydrogen-bond acceptors (Lipinski definition) is 4.